The largest absolute Gasteiger partial charge is 0.497 e. The molecule has 0 fully saturated rings. The summed E-state index contributed by atoms with van der Waals surface area (Å²) in [7, 11) is 1.68. The smallest absolute Gasteiger partial charge is 0.119 e. The van der Waals surface area contributed by atoms with Crippen molar-refractivity contribution in [3.63, 3.8) is 0 Å². The molecule has 19 heavy (non-hydrogen) atoms. The van der Waals surface area contributed by atoms with Gasteiger partial charge in [-0.1, -0.05) is 47.5 Å². The van der Waals surface area contributed by atoms with Gasteiger partial charge >= 0.3 is 0 Å². The van der Waals surface area contributed by atoms with Crippen LogP contribution in [0.4, 0.5) is 0 Å². The van der Waals surface area contributed by atoms with Crippen LogP contribution < -0.4 is 4.74 Å². The Bertz CT molecular complexity index is 662. The summed E-state index contributed by atoms with van der Waals surface area (Å²) >= 11 is 12.1. The molecular weight excluding hydrogens is 279 g/mol. The van der Waals surface area contributed by atoms with E-state index in [2.05, 4.69) is 18.2 Å². The number of hydrogen-bond acceptors (Lipinski definition) is 1. The average Bonchev–Trinajstić information content (AvgIpc) is 2.84. The molecular formula is C16H12Cl2O. The predicted octanol–water partition coefficient (Wildman–Crippen LogP) is 5.16. The number of ether oxygens (including phenoxy) is 1. The molecule has 0 heterocycles. The van der Waals surface area contributed by atoms with Crippen LogP contribution in [0.1, 0.15) is 22.6 Å². The van der Waals surface area contributed by atoms with Gasteiger partial charge in [-0.15, -0.1) is 0 Å². The Hall–Kier alpha value is -1.44. The van der Waals surface area contributed by atoms with Crippen molar-refractivity contribution >= 4 is 29.3 Å². The summed E-state index contributed by atoms with van der Waals surface area (Å²) in [6, 6.07) is 11.9. The minimum absolute atomic E-state index is 0.232. The average molecular weight is 291 g/mol. The van der Waals surface area contributed by atoms with Crippen LogP contribution >= 0.6 is 23.2 Å². The lowest BCUT2D eigenvalue weighted by molar-refractivity contribution is 0.414. The van der Waals surface area contributed by atoms with Crippen molar-refractivity contribution in [3.05, 3.63) is 69.2 Å². The second-order valence-corrected chi connectivity index (χ2v) is 5.32. The van der Waals surface area contributed by atoms with Gasteiger partial charge in [0.15, 0.2) is 0 Å². The molecule has 1 atom stereocenters. The van der Waals surface area contributed by atoms with Gasteiger partial charge in [0.1, 0.15) is 5.75 Å². The Labute approximate surface area is 122 Å². The van der Waals surface area contributed by atoms with E-state index >= 15 is 0 Å². The van der Waals surface area contributed by atoms with Crippen molar-refractivity contribution in [2.24, 2.45) is 0 Å². The van der Waals surface area contributed by atoms with Gasteiger partial charge in [-0.25, -0.2) is 0 Å². The Kier molecular flexibility index (Phi) is 3.26. The molecule has 0 amide bonds. The summed E-state index contributed by atoms with van der Waals surface area (Å²) in [5, 5.41) is 1.18. The third-order valence-corrected chi connectivity index (χ3v) is 4.14. The van der Waals surface area contributed by atoms with Crippen LogP contribution in [-0.4, -0.2) is 7.11 Å². The molecule has 0 aliphatic heterocycles. The van der Waals surface area contributed by atoms with Crippen LogP contribution in [0.25, 0.3) is 6.08 Å². The molecule has 0 unspecified atom stereocenters. The molecule has 1 nitrogen and oxygen atoms in total. The zero-order valence-corrected chi connectivity index (χ0v) is 11.9. The van der Waals surface area contributed by atoms with Crippen LogP contribution in [0.5, 0.6) is 5.75 Å². The number of rotatable bonds is 2. The van der Waals surface area contributed by atoms with Gasteiger partial charge in [-0.3, -0.25) is 0 Å². The van der Waals surface area contributed by atoms with Crippen LogP contribution in [-0.2, 0) is 0 Å². The van der Waals surface area contributed by atoms with Gasteiger partial charge in [-0.2, -0.15) is 0 Å². The molecule has 1 aliphatic carbocycles. The Balaban J connectivity index is 2.02. The van der Waals surface area contributed by atoms with Crippen LogP contribution in [0, 0.1) is 0 Å². The maximum absolute atomic E-state index is 6.09. The van der Waals surface area contributed by atoms with Gasteiger partial charge in [0.05, 0.1) is 17.2 Å². The van der Waals surface area contributed by atoms with E-state index in [-0.39, 0.29) is 5.92 Å². The summed E-state index contributed by atoms with van der Waals surface area (Å²) in [6.45, 7) is 0. The second kappa shape index (κ2) is 4.92. The SMILES string of the molecule is COc1ccc2c(c1)C=C[C@@H]2c1ccc(Cl)c(Cl)c1. The minimum atomic E-state index is 0.232. The highest BCUT2D eigenvalue weighted by Crippen LogP contribution is 2.38. The molecule has 0 saturated heterocycles. The molecule has 1 aliphatic rings. The van der Waals surface area contributed by atoms with E-state index < -0.39 is 0 Å². The minimum Gasteiger partial charge on any atom is -0.497 e. The van der Waals surface area contributed by atoms with Crippen molar-refractivity contribution in [3.8, 4) is 5.75 Å². The van der Waals surface area contributed by atoms with E-state index in [1.54, 1.807) is 7.11 Å². The molecule has 3 heteroatoms. The van der Waals surface area contributed by atoms with Crippen LogP contribution in [0.15, 0.2) is 42.5 Å². The predicted molar refractivity (Wildman–Crippen MR) is 80.3 cm³/mol. The maximum Gasteiger partial charge on any atom is 0.119 e. The zero-order valence-electron chi connectivity index (χ0n) is 10.4. The Morgan fingerprint density at radius 2 is 1.84 bits per heavy atom. The lowest BCUT2D eigenvalue weighted by Gasteiger charge is -2.13. The van der Waals surface area contributed by atoms with E-state index in [1.807, 2.05) is 30.3 Å². The van der Waals surface area contributed by atoms with Gasteiger partial charge < -0.3 is 4.74 Å². The molecule has 0 N–H and O–H groups in total. The number of hydrogen-bond donors (Lipinski definition) is 0. The van der Waals surface area contributed by atoms with Crippen molar-refractivity contribution in [2.75, 3.05) is 7.11 Å². The molecule has 3 rings (SSSR count). The van der Waals surface area contributed by atoms with Gasteiger partial charge in [0, 0.05) is 5.92 Å². The topological polar surface area (TPSA) is 9.23 Å². The molecule has 0 spiro atoms. The summed E-state index contributed by atoms with van der Waals surface area (Å²) < 4.78 is 5.24. The standard InChI is InChI=1S/C16H12Cl2O/c1-19-12-4-6-14-10(8-12)2-5-13(14)11-3-7-15(17)16(18)9-11/h2-9,13H,1H3/t13-/m1/s1. The molecule has 0 bridgehead atoms. The number of fused-ring (bicyclic) bond motifs is 1. The van der Waals surface area contributed by atoms with Crippen LogP contribution in [0.2, 0.25) is 10.0 Å². The number of methoxy groups -OCH3 is 1. The fourth-order valence-corrected chi connectivity index (χ4v) is 2.71. The first-order valence-electron chi connectivity index (χ1n) is 6.00. The normalized spacial score (nSPS) is 16.5. The van der Waals surface area contributed by atoms with E-state index in [9.17, 15) is 0 Å². The first kappa shape index (κ1) is 12.6. The third kappa shape index (κ3) is 2.24. The monoisotopic (exact) mass is 290 g/mol. The number of halogens is 2. The molecule has 0 saturated carbocycles. The Morgan fingerprint density at radius 3 is 2.58 bits per heavy atom. The van der Waals surface area contributed by atoms with Gasteiger partial charge in [-0.05, 0) is 41.0 Å². The fourth-order valence-electron chi connectivity index (χ4n) is 2.41. The van der Waals surface area contributed by atoms with Crippen molar-refractivity contribution in [1.29, 1.82) is 0 Å². The second-order valence-electron chi connectivity index (χ2n) is 4.51. The molecule has 2 aromatic rings. The summed E-state index contributed by atoms with van der Waals surface area (Å²) in [4.78, 5) is 0. The first-order chi connectivity index (χ1) is 9.19. The van der Waals surface area contributed by atoms with Crippen LogP contribution in [0.3, 0.4) is 0 Å². The maximum atomic E-state index is 6.09. The van der Waals surface area contributed by atoms with Gasteiger partial charge in [0.2, 0.25) is 0 Å². The van der Waals surface area contributed by atoms with E-state index in [1.165, 1.54) is 11.1 Å². The third-order valence-electron chi connectivity index (χ3n) is 3.40. The summed E-state index contributed by atoms with van der Waals surface area (Å²) in [5.41, 5.74) is 3.60. The summed E-state index contributed by atoms with van der Waals surface area (Å²) in [5.74, 6) is 1.11. The van der Waals surface area contributed by atoms with E-state index in [0.717, 1.165) is 11.3 Å². The van der Waals surface area contributed by atoms with Crippen molar-refractivity contribution in [1.82, 2.24) is 0 Å². The summed E-state index contributed by atoms with van der Waals surface area (Å²) in [6.07, 6.45) is 4.29. The highest BCUT2D eigenvalue weighted by molar-refractivity contribution is 6.42. The number of benzene rings is 2. The zero-order chi connectivity index (χ0) is 13.4. The molecule has 0 aromatic heterocycles. The van der Waals surface area contributed by atoms with E-state index in [4.69, 9.17) is 27.9 Å². The van der Waals surface area contributed by atoms with Crippen molar-refractivity contribution in [2.45, 2.75) is 5.92 Å². The van der Waals surface area contributed by atoms with Gasteiger partial charge in [0.25, 0.3) is 0 Å². The fraction of sp³-hybridized carbons (Fsp3) is 0.125. The number of allylic oxidation sites excluding steroid dienone is 1. The first-order valence-corrected chi connectivity index (χ1v) is 6.76. The lowest BCUT2D eigenvalue weighted by Crippen LogP contribution is -1.96. The van der Waals surface area contributed by atoms with E-state index in [0.29, 0.717) is 10.0 Å². The highest BCUT2D eigenvalue weighted by Gasteiger charge is 2.20. The molecule has 0 radical (unpaired) electrons. The Morgan fingerprint density at radius 1 is 1.00 bits per heavy atom. The lowest BCUT2D eigenvalue weighted by atomic mass is 9.93. The molecule has 2 aromatic carbocycles. The highest BCUT2D eigenvalue weighted by atomic mass is 35.5. The molecule has 96 valence electrons. The van der Waals surface area contributed by atoms with Crippen molar-refractivity contribution < 1.29 is 4.74 Å². The quantitative estimate of drug-likeness (QED) is 0.742.